The molecule has 1 saturated carbocycles. The van der Waals surface area contributed by atoms with Gasteiger partial charge >= 0.3 is 5.97 Å². The monoisotopic (exact) mass is 196 g/mol. The molecule has 0 unspecified atom stereocenters. The molecule has 3 heteroatoms. The van der Waals surface area contributed by atoms with Crippen LogP contribution < -0.4 is 0 Å². The van der Waals surface area contributed by atoms with Crippen molar-refractivity contribution in [3.8, 4) is 0 Å². The fourth-order valence-electron chi connectivity index (χ4n) is 1.39. The van der Waals surface area contributed by atoms with Gasteiger partial charge in [-0.15, -0.1) is 0 Å². The summed E-state index contributed by atoms with van der Waals surface area (Å²) in [6.07, 6.45) is 2.30. The number of carbonyl (C=O) groups is 1. The molecule has 0 heterocycles. The highest BCUT2D eigenvalue weighted by Gasteiger charge is 2.24. The van der Waals surface area contributed by atoms with E-state index in [1.54, 1.807) is 6.07 Å². The Balaban J connectivity index is 2.41. The lowest BCUT2D eigenvalue weighted by Gasteiger charge is -2.01. The predicted molar refractivity (Wildman–Crippen MR) is 50.4 cm³/mol. The molecule has 0 aliphatic heterocycles. The standard InChI is InChI=1S/C10H9ClO2/c11-9-4-7(6-1-2-6)3-8(5-9)10(12)13/h3-6H,1-2H2,(H,12,13). The second kappa shape index (κ2) is 3.04. The summed E-state index contributed by atoms with van der Waals surface area (Å²) >= 11 is 5.80. The van der Waals surface area contributed by atoms with E-state index in [1.165, 1.54) is 6.07 Å². The van der Waals surface area contributed by atoms with Gasteiger partial charge in [-0.3, -0.25) is 0 Å². The summed E-state index contributed by atoms with van der Waals surface area (Å²) in [5.41, 5.74) is 1.35. The first kappa shape index (κ1) is 8.57. The quantitative estimate of drug-likeness (QED) is 0.790. The molecule has 1 N–H and O–H groups in total. The average Bonchev–Trinajstić information content (AvgIpc) is 2.85. The van der Waals surface area contributed by atoms with Gasteiger partial charge in [0.15, 0.2) is 0 Å². The van der Waals surface area contributed by atoms with Crippen LogP contribution >= 0.6 is 11.6 Å². The van der Waals surface area contributed by atoms with E-state index in [4.69, 9.17) is 16.7 Å². The zero-order valence-electron chi connectivity index (χ0n) is 6.96. The first-order valence-electron chi connectivity index (χ1n) is 4.20. The van der Waals surface area contributed by atoms with Gasteiger partial charge in [-0.05, 0) is 42.5 Å². The van der Waals surface area contributed by atoms with Gasteiger partial charge in [0.25, 0.3) is 0 Å². The summed E-state index contributed by atoms with van der Waals surface area (Å²) in [4.78, 5) is 10.7. The largest absolute Gasteiger partial charge is 0.478 e. The summed E-state index contributed by atoms with van der Waals surface area (Å²) in [5.74, 6) is -0.374. The molecule has 0 aromatic heterocycles. The first-order valence-corrected chi connectivity index (χ1v) is 4.58. The van der Waals surface area contributed by atoms with Crippen LogP contribution in [0.4, 0.5) is 0 Å². The molecule has 0 amide bonds. The van der Waals surface area contributed by atoms with Crippen LogP contribution in [0.5, 0.6) is 0 Å². The van der Waals surface area contributed by atoms with Crippen molar-refractivity contribution in [2.75, 3.05) is 0 Å². The highest BCUT2D eigenvalue weighted by atomic mass is 35.5. The molecule has 0 bridgehead atoms. The number of aromatic carboxylic acids is 1. The first-order chi connectivity index (χ1) is 6.16. The van der Waals surface area contributed by atoms with E-state index in [9.17, 15) is 4.79 Å². The Bertz CT molecular complexity index is 356. The number of rotatable bonds is 2. The van der Waals surface area contributed by atoms with Crippen LogP contribution in [0.2, 0.25) is 5.02 Å². The van der Waals surface area contributed by atoms with Crippen molar-refractivity contribution < 1.29 is 9.90 Å². The van der Waals surface area contributed by atoms with Crippen molar-refractivity contribution in [2.24, 2.45) is 0 Å². The van der Waals surface area contributed by atoms with Gasteiger partial charge < -0.3 is 5.11 Å². The van der Waals surface area contributed by atoms with Crippen molar-refractivity contribution in [3.05, 3.63) is 34.3 Å². The third-order valence-electron chi connectivity index (χ3n) is 2.22. The molecular weight excluding hydrogens is 188 g/mol. The molecule has 68 valence electrons. The maximum Gasteiger partial charge on any atom is 0.335 e. The normalized spacial score (nSPS) is 15.8. The third kappa shape index (κ3) is 1.83. The van der Waals surface area contributed by atoms with Gasteiger partial charge in [0.2, 0.25) is 0 Å². The summed E-state index contributed by atoms with van der Waals surface area (Å²) in [5, 5.41) is 9.29. The minimum absolute atomic E-state index is 0.286. The predicted octanol–water partition coefficient (Wildman–Crippen LogP) is 2.92. The number of carboxylic acids is 1. The Kier molecular flexibility index (Phi) is 2.00. The summed E-state index contributed by atoms with van der Waals surface area (Å²) < 4.78 is 0. The van der Waals surface area contributed by atoms with E-state index < -0.39 is 5.97 Å². The summed E-state index contributed by atoms with van der Waals surface area (Å²) in [7, 11) is 0. The van der Waals surface area contributed by atoms with Gasteiger partial charge in [-0.25, -0.2) is 4.79 Å². The molecule has 0 saturated heterocycles. The topological polar surface area (TPSA) is 37.3 Å². The summed E-state index contributed by atoms with van der Waals surface area (Å²) in [6, 6.07) is 5.05. The second-order valence-corrected chi connectivity index (χ2v) is 3.79. The molecule has 1 aromatic rings. The Hall–Kier alpha value is -1.02. The van der Waals surface area contributed by atoms with Crippen LogP contribution in [0.15, 0.2) is 18.2 Å². The molecule has 13 heavy (non-hydrogen) atoms. The van der Waals surface area contributed by atoms with E-state index in [-0.39, 0.29) is 5.56 Å². The van der Waals surface area contributed by atoms with E-state index in [2.05, 4.69) is 0 Å². The molecule has 2 nitrogen and oxygen atoms in total. The lowest BCUT2D eigenvalue weighted by molar-refractivity contribution is 0.0697. The van der Waals surface area contributed by atoms with Crippen LogP contribution in [-0.4, -0.2) is 11.1 Å². The number of benzene rings is 1. The Labute approximate surface area is 81.1 Å². The highest BCUT2D eigenvalue weighted by Crippen LogP contribution is 2.41. The number of hydrogen-bond acceptors (Lipinski definition) is 1. The molecule has 0 radical (unpaired) electrons. The third-order valence-corrected chi connectivity index (χ3v) is 2.43. The molecule has 0 atom stereocenters. The van der Waals surface area contributed by atoms with Crippen molar-refractivity contribution >= 4 is 17.6 Å². The van der Waals surface area contributed by atoms with Gasteiger partial charge in [0, 0.05) is 5.02 Å². The Morgan fingerprint density at radius 3 is 2.62 bits per heavy atom. The molecule has 1 aliphatic rings. The fraction of sp³-hybridized carbons (Fsp3) is 0.300. The Morgan fingerprint density at radius 1 is 1.38 bits per heavy atom. The van der Waals surface area contributed by atoms with Crippen LogP contribution in [0.3, 0.4) is 0 Å². The van der Waals surface area contributed by atoms with Crippen molar-refractivity contribution in [1.29, 1.82) is 0 Å². The van der Waals surface area contributed by atoms with Gasteiger partial charge in [0.05, 0.1) is 5.56 Å². The van der Waals surface area contributed by atoms with E-state index in [1.807, 2.05) is 6.07 Å². The Morgan fingerprint density at radius 2 is 2.08 bits per heavy atom. The number of carboxylic acid groups (broad SMARTS) is 1. The van der Waals surface area contributed by atoms with Crippen LogP contribution in [0.1, 0.15) is 34.7 Å². The van der Waals surface area contributed by atoms with Crippen molar-refractivity contribution in [3.63, 3.8) is 0 Å². The zero-order chi connectivity index (χ0) is 9.42. The van der Waals surface area contributed by atoms with Gasteiger partial charge in [-0.2, -0.15) is 0 Å². The molecule has 1 fully saturated rings. The van der Waals surface area contributed by atoms with Crippen LogP contribution in [-0.2, 0) is 0 Å². The molecule has 0 spiro atoms. The number of halogens is 1. The minimum atomic E-state index is -0.913. The van der Waals surface area contributed by atoms with Gasteiger partial charge in [-0.1, -0.05) is 11.6 Å². The summed E-state index contributed by atoms with van der Waals surface area (Å²) in [6.45, 7) is 0. The SMILES string of the molecule is O=C(O)c1cc(Cl)cc(C2CC2)c1. The number of hydrogen-bond donors (Lipinski definition) is 1. The van der Waals surface area contributed by atoms with Crippen molar-refractivity contribution in [1.82, 2.24) is 0 Å². The lowest BCUT2D eigenvalue weighted by atomic mass is 10.1. The zero-order valence-corrected chi connectivity index (χ0v) is 7.71. The fourth-order valence-corrected chi connectivity index (χ4v) is 1.63. The van der Waals surface area contributed by atoms with E-state index in [0.29, 0.717) is 10.9 Å². The van der Waals surface area contributed by atoms with Crippen molar-refractivity contribution in [2.45, 2.75) is 18.8 Å². The average molecular weight is 197 g/mol. The van der Waals surface area contributed by atoms with Gasteiger partial charge in [0.1, 0.15) is 0 Å². The molecule has 1 aromatic carbocycles. The molecule has 1 aliphatic carbocycles. The van der Waals surface area contributed by atoms with E-state index in [0.717, 1.165) is 18.4 Å². The van der Waals surface area contributed by atoms with Crippen LogP contribution in [0.25, 0.3) is 0 Å². The maximum absolute atomic E-state index is 10.7. The molecule has 2 rings (SSSR count). The van der Waals surface area contributed by atoms with Crippen LogP contribution in [0, 0.1) is 0 Å². The van der Waals surface area contributed by atoms with E-state index >= 15 is 0 Å². The second-order valence-electron chi connectivity index (χ2n) is 3.35. The lowest BCUT2D eigenvalue weighted by Crippen LogP contribution is -1.97. The smallest absolute Gasteiger partial charge is 0.335 e. The highest BCUT2D eigenvalue weighted by molar-refractivity contribution is 6.31. The molecular formula is C10H9ClO2. The maximum atomic E-state index is 10.7. The minimum Gasteiger partial charge on any atom is -0.478 e.